The van der Waals surface area contributed by atoms with Gasteiger partial charge in [0.25, 0.3) is 0 Å². The van der Waals surface area contributed by atoms with Crippen molar-refractivity contribution in [2.45, 2.75) is 39.2 Å². The average molecular weight is 170 g/mol. The van der Waals surface area contributed by atoms with Crippen molar-refractivity contribution in [3.63, 3.8) is 0 Å². The monoisotopic (exact) mass is 170 g/mol. The lowest BCUT2D eigenvalue weighted by Crippen LogP contribution is -2.44. The standard InChI is InChI=1S/C11H24N/c1-6-8-9-10-11(7-2)12(3,4)5/h8-9,11H,6-7,10H2,1-5H3/q+1. The third kappa shape index (κ3) is 4.55. The molecule has 0 amide bonds. The van der Waals surface area contributed by atoms with Gasteiger partial charge in [-0.1, -0.05) is 26.0 Å². The molecule has 0 saturated carbocycles. The molecule has 1 atom stereocenters. The number of rotatable bonds is 5. The summed E-state index contributed by atoms with van der Waals surface area (Å²) in [6.07, 6.45) is 8.22. The van der Waals surface area contributed by atoms with Crippen LogP contribution in [-0.4, -0.2) is 31.7 Å². The molecule has 0 bridgehead atoms. The van der Waals surface area contributed by atoms with Gasteiger partial charge in [0.15, 0.2) is 0 Å². The molecule has 0 saturated heterocycles. The Bertz CT molecular complexity index is 130. The first-order valence-electron chi connectivity index (χ1n) is 4.98. The van der Waals surface area contributed by atoms with E-state index in [1.165, 1.54) is 12.8 Å². The molecule has 1 unspecified atom stereocenters. The topological polar surface area (TPSA) is 0 Å². The van der Waals surface area contributed by atoms with E-state index >= 15 is 0 Å². The Kier molecular flexibility index (Phi) is 5.23. The van der Waals surface area contributed by atoms with Gasteiger partial charge in [0.05, 0.1) is 27.2 Å². The predicted molar refractivity (Wildman–Crippen MR) is 56.2 cm³/mol. The summed E-state index contributed by atoms with van der Waals surface area (Å²) in [5, 5.41) is 0. The zero-order valence-corrected chi connectivity index (χ0v) is 9.30. The lowest BCUT2D eigenvalue weighted by atomic mass is 10.1. The van der Waals surface area contributed by atoms with E-state index in [9.17, 15) is 0 Å². The summed E-state index contributed by atoms with van der Waals surface area (Å²) >= 11 is 0. The van der Waals surface area contributed by atoms with Crippen LogP contribution in [0.1, 0.15) is 33.1 Å². The van der Waals surface area contributed by atoms with E-state index in [0.29, 0.717) is 0 Å². The molecule has 0 heterocycles. The Morgan fingerprint density at radius 3 is 2.00 bits per heavy atom. The molecule has 0 aromatic carbocycles. The maximum absolute atomic E-state index is 2.32. The van der Waals surface area contributed by atoms with Crippen LogP contribution in [-0.2, 0) is 0 Å². The summed E-state index contributed by atoms with van der Waals surface area (Å²) < 4.78 is 1.07. The molecule has 0 N–H and O–H groups in total. The highest BCUT2D eigenvalue weighted by Crippen LogP contribution is 2.11. The molecule has 0 fully saturated rings. The molecule has 0 spiro atoms. The second-order valence-electron chi connectivity index (χ2n) is 4.29. The minimum Gasteiger partial charge on any atom is -0.328 e. The van der Waals surface area contributed by atoms with E-state index in [4.69, 9.17) is 0 Å². The van der Waals surface area contributed by atoms with Crippen LogP contribution in [0.5, 0.6) is 0 Å². The van der Waals surface area contributed by atoms with Crippen molar-refractivity contribution in [1.29, 1.82) is 0 Å². The van der Waals surface area contributed by atoms with Crippen molar-refractivity contribution in [3.8, 4) is 0 Å². The minimum atomic E-state index is 0.771. The van der Waals surface area contributed by atoms with E-state index in [2.05, 4.69) is 47.1 Å². The maximum atomic E-state index is 2.32. The molecule has 12 heavy (non-hydrogen) atoms. The Morgan fingerprint density at radius 2 is 1.67 bits per heavy atom. The molecule has 0 radical (unpaired) electrons. The smallest absolute Gasteiger partial charge is 0.0916 e. The van der Waals surface area contributed by atoms with Gasteiger partial charge in [0.1, 0.15) is 0 Å². The second-order valence-corrected chi connectivity index (χ2v) is 4.29. The maximum Gasteiger partial charge on any atom is 0.0916 e. The first-order chi connectivity index (χ1) is 5.52. The average Bonchev–Trinajstić information content (AvgIpc) is 1.95. The van der Waals surface area contributed by atoms with Crippen LogP contribution in [0.4, 0.5) is 0 Å². The zero-order valence-electron chi connectivity index (χ0n) is 9.30. The summed E-state index contributed by atoms with van der Waals surface area (Å²) in [5.74, 6) is 0. The van der Waals surface area contributed by atoms with Gasteiger partial charge < -0.3 is 4.48 Å². The van der Waals surface area contributed by atoms with Crippen LogP contribution < -0.4 is 0 Å². The van der Waals surface area contributed by atoms with Gasteiger partial charge in [0.2, 0.25) is 0 Å². The fraction of sp³-hybridized carbons (Fsp3) is 0.818. The van der Waals surface area contributed by atoms with Crippen molar-refractivity contribution < 1.29 is 4.48 Å². The van der Waals surface area contributed by atoms with Crippen LogP contribution in [0.15, 0.2) is 12.2 Å². The first-order valence-corrected chi connectivity index (χ1v) is 4.98. The number of hydrogen-bond acceptors (Lipinski definition) is 0. The molecule has 0 aliphatic heterocycles. The molecule has 0 aliphatic carbocycles. The molecular formula is C11H24N+. The van der Waals surface area contributed by atoms with Crippen LogP contribution in [0, 0.1) is 0 Å². The third-order valence-electron chi connectivity index (χ3n) is 2.38. The molecule has 1 nitrogen and oxygen atoms in total. The van der Waals surface area contributed by atoms with Gasteiger partial charge in [0, 0.05) is 6.42 Å². The summed E-state index contributed by atoms with van der Waals surface area (Å²) in [4.78, 5) is 0. The van der Waals surface area contributed by atoms with E-state index in [1.807, 2.05) is 0 Å². The molecule has 0 aliphatic rings. The number of quaternary nitrogens is 1. The molecule has 0 aromatic rings. The van der Waals surface area contributed by atoms with E-state index in [1.54, 1.807) is 0 Å². The molecule has 72 valence electrons. The molecule has 1 heteroatoms. The largest absolute Gasteiger partial charge is 0.328 e. The molecular weight excluding hydrogens is 146 g/mol. The van der Waals surface area contributed by atoms with Crippen LogP contribution >= 0.6 is 0 Å². The summed E-state index contributed by atoms with van der Waals surface area (Å²) in [6, 6.07) is 0.771. The Labute approximate surface area is 77.7 Å². The number of nitrogens with zero attached hydrogens (tertiary/aromatic N) is 1. The molecule has 0 aromatic heterocycles. The van der Waals surface area contributed by atoms with E-state index in [-0.39, 0.29) is 0 Å². The molecule has 0 rings (SSSR count). The predicted octanol–water partition coefficient (Wildman–Crippen LogP) is 2.83. The SMILES string of the molecule is CCC=CCC(CC)[N+](C)(C)C. The Morgan fingerprint density at radius 1 is 1.08 bits per heavy atom. The highest BCUT2D eigenvalue weighted by atomic mass is 15.3. The summed E-state index contributed by atoms with van der Waals surface area (Å²) in [7, 11) is 6.82. The van der Waals surface area contributed by atoms with E-state index < -0.39 is 0 Å². The lowest BCUT2D eigenvalue weighted by molar-refractivity contribution is -0.895. The van der Waals surface area contributed by atoms with Gasteiger partial charge in [-0.05, 0) is 12.8 Å². The zero-order chi connectivity index (χ0) is 9.61. The van der Waals surface area contributed by atoms with Crippen molar-refractivity contribution in [2.75, 3.05) is 21.1 Å². The van der Waals surface area contributed by atoms with Crippen LogP contribution in [0.3, 0.4) is 0 Å². The minimum absolute atomic E-state index is 0.771. The Balaban J connectivity index is 3.92. The Hall–Kier alpha value is -0.300. The van der Waals surface area contributed by atoms with Gasteiger partial charge in [-0.15, -0.1) is 0 Å². The second kappa shape index (κ2) is 5.36. The van der Waals surface area contributed by atoms with Gasteiger partial charge in [-0.2, -0.15) is 0 Å². The summed E-state index contributed by atoms with van der Waals surface area (Å²) in [5.41, 5.74) is 0. The quantitative estimate of drug-likeness (QED) is 0.439. The van der Waals surface area contributed by atoms with Gasteiger partial charge in [-0.25, -0.2) is 0 Å². The summed E-state index contributed by atoms with van der Waals surface area (Å²) in [6.45, 7) is 4.46. The third-order valence-corrected chi connectivity index (χ3v) is 2.38. The van der Waals surface area contributed by atoms with Crippen molar-refractivity contribution >= 4 is 0 Å². The van der Waals surface area contributed by atoms with Crippen molar-refractivity contribution in [2.24, 2.45) is 0 Å². The highest BCUT2D eigenvalue weighted by molar-refractivity contribution is 4.82. The normalized spacial score (nSPS) is 15.4. The van der Waals surface area contributed by atoms with Crippen LogP contribution in [0.25, 0.3) is 0 Å². The lowest BCUT2D eigenvalue weighted by Gasteiger charge is -2.33. The van der Waals surface area contributed by atoms with E-state index in [0.717, 1.165) is 16.9 Å². The van der Waals surface area contributed by atoms with Gasteiger partial charge >= 0.3 is 0 Å². The van der Waals surface area contributed by atoms with Crippen molar-refractivity contribution in [1.82, 2.24) is 0 Å². The fourth-order valence-electron chi connectivity index (χ4n) is 1.45. The highest BCUT2D eigenvalue weighted by Gasteiger charge is 2.19. The first kappa shape index (κ1) is 11.7. The number of allylic oxidation sites excluding steroid dienone is 1. The number of hydrogen-bond donors (Lipinski definition) is 0. The van der Waals surface area contributed by atoms with Crippen molar-refractivity contribution in [3.05, 3.63) is 12.2 Å². The van der Waals surface area contributed by atoms with Gasteiger partial charge in [-0.3, -0.25) is 0 Å². The fourth-order valence-corrected chi connectivity index (χ4v) is 1.45. The van der Waals surface area contributed by atoms with Crippen LogP contribution in [0.2, 0.25) is 0 Å².